The molecule has 0 spiro atoms. The van der Waals surface area contributed by atoms with Crippen LogP contribution in [-0.4, -0.2) is 43.3 Å². The normalized spacial score (nSPS) is 11.4. The molecule has 0 aromatic heterocycles. The molecule has 0 rings (SSSR count). The Morgan fingerprint density at radius 2 is 1.94 bits per heavy atom. The van der Waals surface area contributed by atoms with E-state index in [0.717, 1.165) is 0 Å². The summed E-state index contributed by atoms with van der Waals surface area (Å²) in [4.78, 5) is 32.3. The van der Waals surface area contributed by atoms with Gasteiger partial charge in [0.1, 0.15) is 6.54 Å². The summed E-state index contributed by atoms with van der Waals surface area (Å²) in [5, 5.41) is 13.4. The Labute approximate surface area is 99.5 Å². The van der Waals surface area contributed by atoms with Gasteiger partial charge in [-0.25, -0.2) is 4.79 Å². The lowest BCUT2D eigenvalue weighted by atomic mass is 10.1. The Kier molecular flexibility index (Phi) is 7.49. The quantitative estimate of drug-likeness (QED) is 0.432. The molecule has 0 heterocycles. The zero-order valence-electron chi connectivity index (χ0n) is 9.99. The van der Waals surface area contributed by atoms with Gasteiger partial charge in [-0.1, -0.05) is 6.92 Å². The van der Waals surface area contributed by atoms with Crippen molar-refractivity contribution in [1.29, 1.82) is 0 Å². The smallest absolute Gasteiger partial charge is 0.325 e. The Morgan fingerprint density at radius 1 is 1.29 bits per heavy atom. The molecule has 1 unspecified atom stereocenters. The summed E-state index contributed by atoms with van der Waals surface area (Å²) in [5.41, 5.74) is 0. The second kappa shape index (κ2) is 8.37. The third kappa shape index (κ3) is 8.06. The molecule has 7 nitrogen and oxygen atoms in total. The number of carboxylic acid groups (broad SMARTS) is 1. The van der Waals surface area contributed by atoms with E-state index in [9.17, 15) is 14.4 Å². The predicted octanol–water partition coefficient (Wildman–Crippen LogP) is -0.0405. The van der Waals surface area contributed by atoms with Crippen molar-refractivity contribution in [3.05, 3.63) is 0 Å². The topological polar surface area (TPSA) is 105 Å². The summed E-state index contributed by atoms with van der Waals surface area (Å²) >= 11 is 0. The highest BCUT2D eigenvalue weighted by molar-refractivity contribution is 5.80. The minimum atomic E-state index is -0.847. The van der Waals surface area contributed by atoms with Gasteiger partial charge in [0.2, 0.25) is 0 Å². The number of carbonyl (C=O) groups is 3. The van der Waals surface area contributed by atoms with E-state index < -0.39 is 23.9 Å². The number of esters is 1. The van der Waals surface area contributed by atoms with Gasteiger partial charge in [-0.3, -0.25) is 9.59 Å². The number of amides is 2. The molecule has 0 aromatic rings. The monoisotopic (exact) mass is 246 g/mol. The molecule has 0 aliphatic heterocycles. The number of hydrogen-bond donors (Lipinski definition) is 3. The molecule has 0 fully saturated rings. The van der Waals surface area contributed by atoms with Gasteiger partial charge < -0.3 is 20.5 Å². The first-order valence-electron chi connectivity index (χ1n) is 5.28. The van der Waals surface area contributed by atoms with Crippen LogP contribution in [0.1, 0.15) is 19.8 Å². The lowest BCUT2D eigenvalue weighted by molar-refractivity contribution is -0.141. The number of urea groups is 1. The van der Waals surface area contributed by atoms with Crippen molar-refractivity contribution >= 4 is 18.0 Å². The second-order valence-electron chi connectivity index (χ2n) is 3.57. The number of ether oxygens (including phenoxy) is 1. The van der Waals surface area contributed by atoms with Crippen LogP contribution >= 0.6 is 0 Å². The van der Waals surface area contributed by atoms with Crippen molar-refractivity contribution in [2.75, 3.05) is 20.2 Å². The summed E-state index contributed by atoms with van der Waals surface area (Å²) in [6.45, 7) is 1.79. The molecule has 2 amide bonds. The van der Waals surface area contributed by atoms with Gasteiger partial charge in [-0.2, -0.15) is 0 Å². The van der Waals surface area contributed by atoms with E-state index in [0.29, 0.717) is 19.4 Å². The molecule has 0 bridgehead atoms. The highest BCUT2D eigenvalue weighted by Crippen LogP contribution is 2.03. The van der Waals surface area contributed by atoms with Crippen molar-refractivity contribution in [2.45, 2.75) is 19.8 Å². The second-order valence-corrected chi connectivity index (χ2v) is 3.57. The summed E-state index contributed by atoms with van der Waals surface area (Å²) in [5.74, 6) is -1.80. The zero-order valence-corrected chi connectivity index (χ0v) is 9.99. The van der Waals surface area contributed by atoms with Crippen molar-refractivity contribution in [3.8, 4) is 0 Å². The van der Waals surface area contributed by atoms with Crippen LogP contribution in [-0.2, 0) is 14.3 Å². The van der Waals surface area contributed by atoms with Gasteiger partial charge in [0.05, 0.1) is 13.0 Å². The molecule has 17 heavy (non-hydrogen) atoms. The highest BCUT2D eigenvalue weighted by Gasteiger charge is 2.10. The summed E-state index contributed by atoms with van der Waals surface area (Å²) in [7, 11) is 1.23. The van der Waals surface area contributed by atoms with Gasteiger partial charge in [-0.05, 0) is 12.8 Å². The third-order valence-electron chi connectivity index (χ3n) is 2.14. The van der Waals surface area contributed by atoms with Crippen LogP contribution in [0.25, 0.3) is 0 Å². The third-order valence-corrected chi connectivity index (χ3v) is 2.14. The van der Waals surface area contributed by atoms with Gasteiger partial charge in [0, 0.05) is 6.54 Å². The summed E-state index contributed by atoms with van der Waals surface area (Å²) < 4.78 is 4.34. The molecule has 7 heteroatoms. The fourth-order valence-corrected chi connectivity index (χ4v) is 1.02. The highest BCUT2D eigenvalue weighted by atomic mass is 16.5. The minimum Gasteiger partial charge on any atom is -0.481 e. The van der Waals surface area contributed by atoms with Gasteiger partial charge >= 0.3 is 18.0 Å². The molecular weight excluding hydrogens is 228 g/mol. The molecule has 98 valence electrons. The number of hydrogen-bond acceptors (Lipinski definition) is 4. The maximum atomic E-state index is 11.1. The van der Waals surface area contributed by atoms with Gasteiger partial charge in [-0.15, -0.1) is 0 Å². The van der Waals surface area contributed by atoms with Crippen LogP contribution in [0.4, 0.5) is 4.79 Å². The summed E-state index contributed by atoms with van der Waals surface area (Å²) in [6, 6.07) is -0.474. The Morgan fingerprint density at radius 3 is 2.47 bits per heavy atom. The van der Waals surface area contributed by atoms with Crippen LogP contribution in [0.15, 0.2) is 0 Å². The van der Waals surface area contributed by atoms with Crippen molar-refractivity contribution < 1.29 is 24.2 Å². The predicted molar refractivity (Wildman–Crippen MR) is 59.5 cm³/mol. The first-order valence-corrected chi connectivity index (χ1v) is 5.28. The van der Waals surface area contributed by atoms with Crippen LogP contribution in [0, 0.1) is 5.92 Å². The average Bonchev–Trinajstić information content (AvgIpc) is 2.30. The number of nitrogens with one attached hydrogen (secondary N) is 2. The molecule has 0 aliphatic carbocycles. The van der Waals surface area contributed by atoms with E-state index in [1.165, 1.54) is 7.11 Å². The van der Waals surface area contributed by atoms with E-state index in [1.807, 2.05) is 0 Å². The SMILES string of the molecule is COC(=O)CNC(=O)NCCCC(C)C(=O)O. The Bertz CT molecular complexity index is 280. The molecule has 3 N–H and O–H groups in total. The molecule has 1 atom stereocenters. The van der Waals surface area contributed by atoms with Crippen LogP contribution < -0.4 is 10.6 Å². The number of carboxylic acids is 1. The maximum absolute atomic E-state index is 11.1. The summed E-state index contributed by atoms with van der Waals surface area (Å²) in [6.07, 6.45) is 1.06. The molecule has 0 saturated carbocycles. The minimum absolute atomic E-state index is 0.187. The fourth-order valence-electron chi connectivity index (χ4n) is 1.02. The average molecular weight is 246 g/mol. The molecule has 0 aliphatic rings. The standard InChI is InChI=1S/C10H18N2O5/c1-7(9(14)15)4-3-5-11-10(16)12-6-8(13)17-2/h7H,3-6H2,1-2H3,(H,14,15)(H2,11,12,16). The van der Waals surface area contributed by atoms with Crippen LogP contribution in [0.5, 0.6) is 0 Å². The Balaban J connectivity index is 3.52. The van der Waals surface area contributed by atoms with E-state index in [4.69, 9.17) is 5.11 Å². The largest absolute Gasteiger partial charge is 0.481 e. The van der Waals surface area contributed by atoms with Crippen molar-refractivity contribution in [2.24, 2.45) is 5.92 Å². The first kappa shape index (κ1) is 15.2. The molecule has 0 saturated heterocycles. The van der Waals surface area contributed by atoms with Crippen molar-refractivity contribution in [3.63, 3.8) is 0 Å². The maximum Gasteiger partial charge on any atom is 0.325 e. The zero-order chi connectivity index (χ0) is 13.3. The molecular formula is C10H18N2O5. The fraction of sp³-hybridized carbons (Fsp3) is 0.700. The van der Waals surface area contributed by atoms with E-state index >= 15 is 0 Å². The van der Waals surface area contributed by atoms with E-state index in [1.54, 1.807) is 6.92 Å². The van der Waals surface area contributed by atoms with Crippen LogP contribution in [0.3, 0.4) is 0 Å². The van der Waals surface area contributed by atoms with E-state index in [2.05, 4.69) is 15.4 Å². The van der Waals surface area contributed by atoms with Gasteiger partial charge in [0.15, 0.2) is 0 Å². The number of aliphatic carboxylic acids is 1. The first-order chi connectivity index (χ1) is 7.97. The number of rotatable bonds is 7. The molecule has 0 aromatic carbocycles. The molecule has 0 radical (unpaired) electrons. The number of methoxy groups -OCH3 is 1. The lowest BCUT2D eigenvalue weighted by Crippen LogP contribution is -2.39. The van der Waals surface area contributed by atoms with Crippen LogP contribution in [0.2, 0.25) is 0 Å². The van der Waals surface area contributed by atoms with E-state index in [-0.39, 0.29) is 6.54 Å². The van der Waals surface area contributed by atoms with Gasteiger partial charge in [0.25, 0.3) is 0 Å². The number of carbonyl (C=O) groups excluding carboxylic acids is 2. The lowest BCUT2D eigenvalue weighted by Gasteiger charge is -2.08. The Hall–Kier alpha value is -1.79. The van der Waals surface area contributed by atoms with Crippen molar-refractivity contribution in [1.82, 2.24) is 10.6 Å².